The van der Waals surface area contributed by atoms with Crippen molar-refractivity contribution in [1.82, 2.24) is 10.2 Å². The summed E-state index contributed by atoms with van der Waals surface area (Å²) in [6, 6.07) is 29.3. The van der Waals surface area contributed by atoms with Crippen LogP contribution in [0.5, 0.6) is 5.75 Å². The normalized spacial score (nSPS) is 15.6. The largest absolute Gasteiger partial charge is 0.497 e. The third-order valence-corrected chi connectivity index (χ3v) is 5.97. The molecular formula is C28H30N2O. The first-order valence-corrected chi connectivity index (χ1v) is 11.0. The molecule has 0 saturated carbocycles. The van der Waals surface area contributed by atoms with E-state index in [9.17, 15) is 0 Å². The minimum atomic E-state index is -0.178. The average molecular weight is 411 g/mol. The van der Waals surface area contributed by atoms with Gasteiger partial charge in [-0.2, -0.15) is 0 Å². The molecule has 0 spiro atoms. The Morgan fingerprint density at radius 1 is 0.839 bits per heavy atom. The van der Waals surface area contributed by atoms with Crippen LogP contribution in [0.2, 0.25) is 0 Å². The molecule has 3 aromatic carbocycles. The van der Waals surface area contributed by atoms with Gasteiger partial charge in [0.15, 0.2) is 0 Å². The predicted octanol–water partition coefficient (Wildman–Crippen LogP) is 4.87. The van der Waals surface area contributed by atoms with E-state index in [-0.39, 0.29) is 5.54 Å². The molecule has 0 amide bonds. The zero-order valence-corrected chi connectivity index (χ0v) is 18.2. The van der Waals surface area contributed by atoms with Gasteiger partial charge in [-0.05, 0) is 48.2 Å². The number of methoxy groups -OCH3 is 1. The molecule has 3 aromatic rings. The Morgan fingerprint density at radius 3 is 2.13 bits per heavy atom. The fraction of sp³-hybridized carbons (Fsp3) is 0.286. The predicted molar refractivity (Wildman–Crippen MR) is 127 cm³/mol. The third-order valence-electron chi connectivity index (χ3n) is 5.97. The van der Waals surface area contributed by atoms with E-state index in [2.05, 4.69) is 76.7 Å². The van der Waals surface area contributed by atoms with Gasteiger partial charge >= 0.3 is 0 Å². The van der Waals surface area contributed by atoms with Gasteiger partial charge in [0, 0.05) is 31.7 Å². The van der Waals surface area contributed by atoms with Crippen LogP contribution in [0.1, 0.15) is 29.5 Å². The van der Waals surface area contributed by atoms with E-state index in [1.807, 2.05) is 30.3 Å². The molecule has 1 saturated heterocycles. The molecule has 31 heavy (non-hydrogen) atoms. The van der Waals surface area contributed by atoms with Crippen LogP contribution in [0.15, 0.2) is 84.9 Å². The second-order valence-corrected chi connectivity index (χ2v) is 8.16. The molecule has 4 rings (SSSR count). The van der Waals surface area contributed by atoms with Crippen LogP contribution < -0.4 is 10.1 Å². The summed E-state index contributed by atoms with van der Waals surface area (Å²) in [5, 5.41) is 3.80. The number of nitrogens with one attached hydrogen (secondary N) is 1. The Labute approximate surface area is 186 Å². The molecule has 1 heterocycles. The van der Waals surface area contributed by atoms with Gasteiger partial charge < -0.3 is 4.74 Å². The topological polar surface area (TPSA) is 24.5 Å². The van der Waals surface area contributed by atoms with E-state index in [4.69, 9.17) is 4.74 Å². The number of ether oxygens (including phenoxy) is 1. The molecule has 1 N–H and O–H groups in total. The van der Waals surface area contributed by atoms with E-state index in [0.29, 0.717) is 0 Å². The summed E-state index contributed by atoms with van der Waals surface area (Å²) in [5.74, 6) is 7.93. The van der Waals surface area contributed by atoms with Gasteiger partial charge in [0.25, 0.3) is 0 Å². The molecule has 0 aromatic heterocycles. The van der Waals surface area contributed by atoms with Crippen molar-refractivity contribution in [2.45, 2.75) is 31.5 Å². The van der Waals surface area contributed by atoms with Gasteiger partial charge in [-0.3, -0.25) is 10.2 Å². The highest BCUT2D eigenvalue weighted by Crippen LogP contribution is 2.24. The van der Waals surface area contributed by atoms with Crippen LogP contribution in [-0.2, 0) is 13.1 Å². The molecule has 3 heteroatoms. The van der Waals surface area contributed by atoms with Gasteiger partial charge in [-0.1, -0.05) is 72.5 Å². The summed E-state index contributed by atoms with van der Waals surface area (Å²) in [6.07, 6.45) is 2.02. The first kappa shape index (κ1) is 21.2. The lowest BCUT2D eigenvalue weighted by Gasteiger charge is -2.39. The van der Waals surface area contributed by atoms with Crippen molar-refractivity contribution >= 4 is 0 Å². The SMILES string of the molecule is COc1ccc(CNC2(C#Cc3ccccc3)CCN(Cc3ccccc3)CC2)cc1. The van der Waals surface area contributed by atoms with Gasteiger partial charge in [-0.15, -0.1) is 0 Å². The van der Waals surface area contributed by atoms with E-state index in [1.165, 1.54) is 11.1 Å². The maximum Gasteiger partial charge on any atom is 0.118 e. The van der Waals surface area contributed by atoms with Crippen molar-refractivity contribution in [2.75, 3.05) is 20.2 Å². The van der Waals surface area contributed by atoms with E-state index in [0.717, 1.165) is 50.3 Å². The minimum Gasteiger partial charge on any atom is -0.497 e. The molecule has 158 valence electrons. The van der Waals surface area contributed by atoms with Crippen molar-refractivity contribution in [3.05, 3.63) is 102 Å². The summed E-state index contributed by atoms with van der Waals surface area (Å²) in [4.78, 5) is 2.53. The number of likely N-dealkylation sites (tertiary alicyclic amines) is 1. The summed E-state index contributed by atoms with van der Waals surface area (Å²) in [6.45, 7) is 3.87. The Kier molecular flexibility index (Phi) is 7.04. The van der Waals surface area contributed by atoms with Crippen LogP contribution in [0.3, 0.4) is 0 Å². The van der Waals surface area contributed by atoms with Gasteiger partial charge in [0.1, 0.15) is 5.75 Å². The fourth-order valence-electron chi connectivity index (χ4n) is 4.01. The maximum absolute atomic E-state index is 5.28. The second kappa shape index (κ2) is 10.3. The summed E-state index contributed by atoms with van der Waals surface area (Å²) < 4.78 is 5.28. The Bertz CT molecular complexity index is 996. The van der Waals surface area contributed by atoms with Gasteiger partial charge in [-0.25, -0.2) is 0 Å². The molecular weight excluding hydrogens is 380 g/mol. The molecule has 0 aliphatic carbocycles. The van der Waals surface area contributed by atoms with Crippen molar-refractivity contribution in [3.8, 4) is 17.6 Å². The summed E-state index contributed by atoms with van der Waals surface area (Å²) in [7, 11) is 1.70. The van der Waals surface area contributed by atoms with Crippen molar-refractivity contribution in [1.29, 1.82) is 0 Å². The molecule has 1 fully saturated rings. The quantitative estimate of drug-likeness (QED) is 0.587. The standard InChI is InChI=1S/C28H30N2O/c1-31-27-14-12-25(13-15-27)22-29-28(17-16-24-8-4-2-5-9-24)18-20-30(21-19-28)23-26-10-6-3-7-11-26/h2-15,29H,18-23H2,1H3. The number of nitrogens with zero attached hydrogens (tertiary/aromatic N) is 1. The number of benzene rings is 3. The molecule has 0 atom stereocenters. The highest BCUT2D eigenvalue weighted by Gasteiger charge is 2.32. The molecule has 1 aliphatic rings. The van der Waals surface area contributed by atoms with Gasteiger partial charge in [0.05, 0.1) is 12.6 Å². The third kappa shape index (κ3) is 5.98. The van der Waals surface area contributed by atoms with Crippen LogP contribution in [-0.4, -0.2) is 30.6 Å². The molecule has 0 radical (unpaired) electrons. The Balaban J connectivity index is 1.46. The number of piperidine rings is 1. The maximum atomic E-state index is 5.28. The van der Waals surface area contributed by atoms with E-state index >= 15 is 0 Å². The van der Waals surface area contributed by atoms with Crippen molar-refractivity contribution in [3.63, 3.8) is 0 Å². The van der Waals surface area contributed by atoms with Crippen LogP contribution in [0.4, 0.5) is 0 Å². The zero-order chi connectivity index (χ0) is 21.4. The highest BCUT2D eigenvalue weighted by molar-refractivity contribution is 5.37. The molecule has 0 unspecified atom stereocenters. The lowest BCUT2D eigenvalue weighted by atomic mass is 9.87. The first-order valence-electron chi connectivity index (χ1n) is 11.0. The Hall–Kier alpha value is -3.06. The molecule has 1 aliphatic heterocycles. The number of hydrogen-bond donors (Lipinski definition) is 1. The number of rotatable bonds is 6. The van der Waals surface area contributed by atoms with Crippen molar-refractivity contribution in [2.24, 2.45) is 0 Å². The second-order valence-electron chi connectivity index (χ2n) is 8.16. The van der Waals surface area contributed by atoms with Gasteiger partial charge in [0.2, 0.25) is 0 Å². The van der Waals surface area contributed by atoms with Crippen LogP contribution >= 0.6 is 0 Å². The molecule has 3 nitrogen and oxygen atoms in total. The highest BCUT2D eigenvalue weighted by atomic mass is 16.5. The zero-order valence-electron chi connectivity index (χ0n) is 18.2. The smallest absolute Gasteiger partial charge is 0.118 e. The summed E-state index contributed by atoms with van der Waals surface area (Å²) in [5.41, 5.74) is 3.51. The van der Waals surface area contributed by atoms with Crippen molar-refractivity contribution < 1.29 is 4.74 Å². The van der Waals surface area contributed by atoms with E-state index in [1.54, 1.807) is 7.11 Å². The lowest BCUT2D eigenvalue weighted by molar-refractivity contribution is 0.160. The monoisotopic (exact) mass is 410 g/mol. The first-order chi connectivity index (χ1) is 15.2. The molecule has 0 bridgehead atoms. The number of hydrogen-bond acceptors (Lipinski definition) is 3. The van der Waals surface area contributed by atoms with E-state index < -0.39 is 0 Å². The van der Waals surface area contributed by atoms with Crippen LogP contribution in [0.25, 0.3) is 0 Å². The average Bonchev–Trinajstić information content (AvgIpc) is 2.84. The van der Waals surface area contributed by atoms with Crippen LogP contribution in [0, 0.1) is 11.8 Å². The summed E-state index contributed by atoms with van der Waals surface area (Å²) >= 11 is 0. The Morgan fingerprint density at radius 2 is 1.48 bits per heavy atom. The lowest BCUT2D eigenvalue weighted by Crippen LogP contribution is -2.52. The minimum absolute atomic E-state index is 0.178. The fourth-order valence-corrected chi connectivity index (χ4v) is 4.01.